The molecule has 20 heavy (non-hydrogen) atoms. The quantitative estimate of drug-likeness (QED) is 0.790. The minimum atomic E-state index is 0. The van der Waals surface area contributed by atoms with Crippen molar-refractivity contribution in [1.29, 1.82) is 0 Å². The minimum absolute atomic E-state index is 0. The van der Waals surface area contributed by atoms with Crippen LogP contribution in [0.4, 0.5) is 0 Å². The Bertz CT molecular complexity index is 369. The summed E-state index contributed by atoms with van der Waals surface area (Å²) in [6, 6.07) is 0. The first-order chi connectivity index (χ1) is 9.24. The molecule has 1 unspecified atom stereocenters. The fraction of sp³-hybridized carbons (Fsp3) is 0.857. The molecule has 3 aliphatic rings. The van der Waals surface area contributed by atoms with Crippen LogP contribution in [0.15, 0.2) is 0 Å². The van der Waals surface area contributed by atoms with Crippen LogP contribution in [0.2, 0.25) is 0 Å². The van der Waals surface area contributed by atoms with Crippen LogP contribution in [0.1, 0.15) is 25.7 Å². The molecule has 1 atom stereocenters. The van der Waals surface area contributed by atoms with Crippen molar-refractivity contribution in [2.75, 3.05) is 32.7 Å². The second kappa shape index (κ2) is 6.76. The Kier molecular flexibility index (Phi) is 5.27. The molecule has 0 radical (unpaired) electrons. The molecule has 0 bridgehead atoms. The first kappa shape index (κ1) is 15.6. The topological polar surface area (TPSA) is 61.4 Å². The zero-order valence-electron chi connectivity index (χ0n) is 11.8. The van der Waals surface area contributed by atoms with Gasteiger partial charge in [-0.15, -0.1) is 12.4 Å². The summed E-state index contributed by atoms with van der Waals surface area (Å²) in [5.41, 5.74) is 0. The normalized spacial score (nSPS) is 26.4. The summed E-state index contributed by atoms with van der Waals surface area (Å²) in [7, 11) is 0. The largest absolute Gasteiger partial charge is 0.356 e. The molecular formula is C14H24ClN3O2. The van der Waals surface area contributed by atoms with Gasteiger partial charge in [-0.25, -0.2) is 0 Å². The number of hydrogen-bond acceptors (Lipinski definition) is 3. The van der Waals surface area contributed by atoms with E-state index >= 15 is 0 Å². The van der Waals surface area contributed by atoms with E-state index in [4.69, 9.17) is 0 Å². The number of nitrogens with one attached hydrogen (secondary N) is 2. The summed E-state index contributed by atoms with van der Waals surface area (Å²) < 4.78 is 0. The Morgan fingerprint density at radius 3 is 2.50 bits per heavy atom. The Labute approximate surface area is 126 Å². The third-order valence-corrected chi connectivity index (χ3v) is 4.50. The van der Waals surface area contributed by atoms with Crippen molar-refractivity contribution in [1.82, 2.24) is 15.5 Å². The molecule has 0 aromatic heterocycles. The van der Waals surface area contributed by atoms with Gasteiger partial charge < -0.3 is 15.5 Å². The maximum absolute atomic E-state index is 12.2. The number of carbonyl (C=O) groups excluding carboxylic acids is 2. The molecule has 6 heteroatoms. The van der Waals surface area contributed by atoms with Crippen molar-refractivity contribution in [3.05, 3.63) is 0 Å². The first-order valence-corrected chi connectivity index (χ1v) is 7.51. The molecule has 2 heterocycles. The standard InChI is InChI=1S/C14H23N3O2.ClH/c18-13(16-6-10-3-4-10)11-2-1-5-17(9-11)14(19)12-7-15-8-12;/h10-12,15H,1-9H2,(H,16,18);1H. The lowest BCUT2D eigenvalue weighted by molar-refractivity contribution is -0.140. The Morgan fingerprint density at radius 1 is 1.15 bits per heavy atom. The summed E-state index contributed by atoms with van der Waals surface area (Å²) in [4.78, 5) is 26.2. The van der Waals surface area contributed by atoms with E-state index in [1.165, 1.54) is 12.8 Å². The predicted molar refractivity (Wildman–Crippen MR) is 78.6 cm³/mol. The number of rotatable bonds is 4. The van der Waals surface area contributed by atoms with Crippen molar-refractivity contribution >= 4 is 24.2 Å². The van der Waals surface area contributed by atoms with Gasteiger partial charge in [-0.2, -0.15) is 0 Å². The van der Waals surface area contributed by atoms with Gasteiger partial charge in [0.05, 0.1) is 11.8 Å². The van der Waals surface area contributed by atoms with Gasteiger partial charge >= 0.3 is 0 Å². The highest BCUT2D eigenvalue weighted by Gasteiger charge is 2.34. The maximum Gasteiger partial charge on any atom is 0.228 e. The lowest BCUT2D eigenvalue weighted by Gasteiger charge is -2.37. The van der Waals surface area contributed by atoms with Gasteiger partial charge in [0.2, 0.25) is 11.8 Å². The van der Waals surface area contributed by atoms with Gasteiger partial charge in [-0.1, -0.05) is 0 Å². The van der Waals surface area contributed by atoms with Crippen LogP contribution in [0.5, 0.6) is 0 Å². The second-order valence-corrected chi connectivity index (χ2v) is 6.17. The molecule has 0 aromatic rings. The van der Waals surface area contributed by atoms with Gasteiger partial charge in [0.25, 0.3) is 0 Å². The number of halogens is 1. The number of likely N-dealkylation sites (tertiary alicyclic amines) is 1. The van der Waals surface area contributed by atoms with Crippen molar-refractivity contribution in [3.63, 3.8) is 0 Å². The van der Waals surface area contributed by atoms with Crippen LogP contribution in [-0.4, -0.2) is 49.4 Å². The van der Waals surface area contributed by atoms with Gasteiger partial charge in [-0.3, -0.25) is 9.59 Å². The molecule has 1 saturated carbocycles. The first-order valence-electron chi connectivity index (χ1n) is 7.51. The molecule has 2 N–H and O–H groups in total. The summed E-state index contributed by atoms with van der Waals surface area (Å²) in [6.07, 6.45) is 4.38. The summed E-state index contributed by atoms with van der Waals surface area (Å²) in [5.74, 6) is 1.25. The van der Waals surface area contributed by atoms with Crippen LogP contribution < -0.4 is 10.6 Å². The molecule has 5 nitrogen and oxygen atoms in total. The van der Waals surface area contributed by atoms with E-state index in [-0.39, 0.29) is 36.1 Å². The van der Waals surface area contributed by atoms with E-state index in [1.54, 1.807) is 0 Å². The summed E-state index contributed by atoms with van der Waals surface area (Å²) in [6.45, 7) is 3.87. The van der Waals surface area contributed by atoms with Crippen molar-refractivity contribution in [3.8, 4) is 0 Å². The Hall–Kier alpha value is -0.810. The fourth-order valence-corrected chi connectivity index (χ4v) is 2.82. The number of hydrogen-bond donors (Lipinski definition) is 2. The lowest BCUT2D eigenvalue weighted by atomic mass is 9.94. The van der Waals surface area contributed by atoms with E-state index in [9.17, 15) is 9.59 Å². The molecule has 114 valence electrons. The summed E-state index contributed by atoms with van der Waals surface area (Å²) >= 11 is 0. The van der Waals surface area contributed by atoms with Crippen LogP contribution in [-0.2, 0) is 9.59 Å². The highest BCUT2D eigenvalue weighted by Crippen LogP contribution is 2.28. The highest BCUT2D eigenvalue weighted by molar-refractivity contribution is 5.85. The van der Waals surface area contributed by atoms with Crippen molar-refractivity contribution in [2.45, 2.75) is 25.7 Å². The Morgan fingerprint density at radius 2 is 1.90 bits per heavy atom. The minimum Gasteiger partial charge on any atom is -0.356 e. The van der Waals surface area contributed by atoms with E-state index < -0.39 is 0 Å². The fourth-order valence-electron chi connectivity index (χ4n) is 2.82. The van der Waals surface area contributed by atoms with E-state index in [0.29, 0.717) is 12.5 Å². The average Bonchev–Trinajstić information content (AvgIpc) is 3.18. The van der Waals surface area contributed by atoms with Crippen LogP contribution in [0.3, 0.4) is 0 Å². The van der Waals surface area contributed by atoms with Gasteiger partial charge in [0.15, 0.2) is 0 Å². The zero-order valence-corrected chi connectivity index (χ0v) is 12.6. The molecule has 2 amide bonds. The third-order valence-electron chi connectivity index (χ3n) is 4.50. The zero-order chi connectivity index (χ0) is 13.2. The van der Waals surface area contributed by atoms with Gasteiger partial charge in [-0.05, 0) is 31.6 Å². The highest BCUT2D eigenvalue weighted by atomic mass is 35.5. The molecule has 2 saturated heterocycles. The maximum atomic E-state index is 12.2. The molecule has 3 rings (SSSR count). The van der Waals surface area contributed by atoms with Crippen LogP contribution >= 0.6 is 12.4 Å². The van der Waals surface area contributed by atoms with E-state index in [0.717, 1.165) is 39.0 Å². The lowest BCUT2D eigenvalue weighted by Crippen LogP contribution is -2.55. The number of amides is 2. The van der Waals surface area contributed by atoms with Gasteiger partial charge in [0.1, 0.15) is 0 Å². The number of nitrogens with zero attached hydrogens (tertiary/aromatic N) is 1. The number of piperidine rings is 1. The van der Waals surface area contributed by atoms with Crippen LogP contribution in [0.25, 0.3) is 0 Å². The molecule has 3 fully saturated rings. The smallest absolute Gasteiger partial charge is 0.228 e. The second-order valence-electron chi connectivity index (χ2n) is 6.17. The molecule has 1 aliphatic carbocycles. The van der Waals surface area contributed by atoms with Crippen molar-refractivity contribution < 1.29 is 9.59 Å². The average molecular weight is 302 g/mol. The SMILES string of the molecule is Cl.O=C(NCC1CC1)C1CCCN(C(=O)C2CNC2)C1. The number of carbonyl (C=O) groups is 2. The predicted octanol–water partition coefficient (Wildman–Crippen LogP) is 0.392. The van der Waals surface area contributed by atoms with E-state index in [2.05, 4.69) is 10.6 Å². The van der Waals surface area contributed by atoms with Gasteiger partial charge in [0, 0.05) is 32.7 Å². The Balaban J connectivity index is 0.00000147. The van der Waals surface area contributed by atoms with Crippen molar-refractivity contribution in [2.24, 2.45) is 17.8 Å². The van der Waals surface area contributed by atoms with E-state index in [1.807, 2.05) is 4.90 Å². The van der Waals surface area contributed by atoms with Crippen LogP contribution in [0, 0.1) is 17.8 Å². The molecule has 2 aliphatic heterocycles. The molecule has 0 aromatic carbocycles. The third kappa shape index (κ3) is 3.64. The monoisotopic (exact) mass is 301 g/mol. The molecular weight excluding hydrogens is 278 g/mol. The molecule has 0 spiro atoms. The summed E-state index contributed by atoms with van der Waals surface area (Å²) in [5, 5.41) is 6.17.